The fraction of sp³-hybridized carbons (Fsp3) is 0.333. The summed E-state index contributed by atoms with van der Waals surface area (Å²) in [5, 5.41) is 11.9. The van der Waals surface area contributed by atoms with Crippen LogP contribution >= 0.6 is 0 Å². The number of carbonyl (C=O) groups excluding carboxylic acids is 1. The first-order chi connectivity index (χ1) is 12.1. The van der Waals surface area contributed by atoms with E-state index in [2.05, 4.69) is 26.1 Å². The molecule has 26 heavy (non-hydrogen) atoms. The summed E-state index contributed by atoms with van der Waals surface area (Å²) in [6.45, 7) is 6.30. The second-order valence-electron chi connectivity index (χ2n) is 7.39. The molecular weight excluding hydrogens is 333 g/mol. The maximum Gasteiger partial charge on any atom is 0.305 e. The van der Waals surface area contributed by atoms with Crippen molar-refractivity contribution in [3.63, 3.8) is 0 Å². The summed E-state index contributed by atoms with van der Waals surface area (Å²) < 4.78 is 12.9. The number of carboxylic acids is 1. The predicted octanol–water partition coefficient (Wildman–Crippen LogP) is 4.00. The molecule has 2 rings (SSSR count). The Labute approximate surface area is 153 Å². The Bertz CT molecular complexity index is 761. The van der Waals surface area contributed by atoms with Gasteiger partial charge >= 0.3 is 5.97 Å². The Hall–Kier alpha value is -2.69. The Morgan fingerprint density at radius 3 is 2.12 bits per heavy atom. The highest BCUT2D eigenvalue weighted by Gasteiger charge is 2.20. The minimum atomic E-state index is -0.989. The van der Waals surface area contributed by atoms with Crippen LogP contribution in [0.2, 0.25) is 0 Å². The number of rotatable bonds is 6. The number of halogens is 1. The largest absolute Gasteiger partial charge is 0.481 e. The molecule has 0 saturated heterocycles. The lowest BCUT2D eigenvalue weighted by Gasteiger charge is -2.22. The van der Waals surface area contributed by atoms with Gasteiger partial charge in [-0.3, -0.25) is 9.59 Å². The van der Waals surface area contributed by atoms with Crippen molar-refractivity contribution in [3.05, 3.63) is 71.0 Å². The van der Waals surface area contributed by atoms with Gasteiger partial charge in [-0.25, -0.2) is 4.39 Å². The molecule has 0 unspecified atom stereocenters. The molecule has 2 aromatic rings. The van der Waals surface area contributed by atoms with Crippen molar-refractivity contribution in [2.24, 2.45) is 0 Å². The highest BCUT2D eigenvalue weighted by Crippen LogP contribution is 2.25. The van der Waals surface area contributed by atoms with Gasteiger partial charge in [0.2, 0.25) is 5.91 Å². The fourth-order valence-electron chi connectivity index (χ4n) is 2.68. The monoisotopic (exact) mass is 357 g/mol. The smallest absolute Gasteiger partial charge is 0.305 e. The van der Waals surface area contributed by atoms with E-state index in [1.54, 1.807) is 12.1 Å². The van der Waals surface area contributed by atoms with Crippen LogP contribution in [-0.2, 0) is 21.4 Å². The summed E-state index contributed by atoms with van der Waals surface area (Å²) in [6.07, 6.45) is -0.138. The summed E-state index contributed by atoms with van der Waals surface area (Å²) in [6, 6.07) is 12.7. The molecule has 0 spiro atoms. The molecule has 2 aromatic carbocycles. The lowest BCUT2D eigenvalue weighted by atomic mass is 9.86. The zero-order valence-corrected chi connectivity index (χ0v) is 15.3. The minimum Gasteiger partial charge on any atom is -0.481 e. The highest BCUT2D eigenvalue weighted by atomic mass is 19.1. The first kappa shape index (κ1) is 19.6. The van der Waals surface area contributed by atoms with Crippen molar-refractivity contribution in [1.82, 2.24) is 5.32 Å². The zero-order chi connectivity index (χ0) is 19.3. The van der Waals surface area contributed by atoms with Gasteiger partial charge in [0.05, 0.1) is 18.9 Å². The third-order valence-corrected chi connectivity index (χ3v) is 4.17. The molecule has 0 aliphatic heterocycles. The molecule has 0 aromatic heterocycles. The summed E-state index contributed by atoms with van der Waals surface area (Å²) >= 11 is 0. The topological polar surface area (TPSA) is 66.4 Å². The second-order valence-corrected chi connectivity index (χ2v) is 7.39. The molecule has 138 valence electrons. The van der Waals surface area contributed by atoms with Crippen LogP contribution in [-0.4, -0.2) is 17.0 Å². The van der Waals surface area contributed by atoms with Crippen LogP contribution in [0.5, 0.6) is 0 Å². The molecule has 4 nitrogen and oxygen atoms in total. The van der Waals surface area contributed by atoms with Crippen molar-refractivity contribution >= 4 is 11.9 Å². The van der Waals surface area contributed by atoms with Gasteiger partial charge < -0.3 is 10.4 Å². The standard InChI is InChI=1S/C21H24FNO3/c1-21(2,3)16-8-6-15(7-9-16)18(13-20(25)26)23-19(24)12-14-4-10-17(22)11-5-14/h4-11,18H,12-13H2,1-3H3,(H,23,24)(H,25,26)/t18-/m0/s1. The first-order valence-corrected chi connectivity index (χ1v) is 8.51. The molecule has 0 fully saturated rings. The molecule has 0 aliphatic rings. The number of amides is 1. The van der Waals surface area contributed by atoms with Gasteiger partial charge in [-0.1, -0.05) is 57.2 Å². The van der Waals surface area contributed by atoms with Crippen LogP contribution in [0.15, 0.2) is 48.5 Å². The van der Waals surface area contributed by atoms with E-state index in [1.807, 2.05) is 24.3 Å². The Balaban J connectivity index is 2.12. The second kappa shape index (κ2) is 8.13. The summed E-state index contributed by atoms with van der Waals surface area (Å²) in [7, 11) is 0. The van der Waals surface area contributed by atoms with Gasteiger partial charge in [0, 0.05) is 0 Å². The molecule has 0 bridgehead atoms. The van der Waals surface area contributed by atoms with Crippen molar-refractivity contribution in [1.29, 1.82) is 0 Å². The maximum atomic E-state index is 12.9. The molecule has 0 aliphatic carbocycles. The third-order valence-electron chi connectivity index (χ3n) is 4.17. The van der Waals surface area contributed by atoms with Crippen molar-refractivity contribution in [3.8, 4) is 0 Å². The third kappa shape index (κ3) is 5.69. The zero-order valence-electron chi connectivity index (χ0n) is 15.3. The molecule has 1 atom stereocenters. The van der Waals surface area contributed by atoms with Gasteiger partial charge in [-0.05, 0) is 34.2 Å². The molecular formula is C21H24FNO3. The van der Waals surface area contributed by atoms with E-state index in [0.717, 1.165) is 11.1 Å². The predicted molar refractivity (Wildman–Crippen MR) is 98.4 cm³/mol. The fourth-order valence-corrected chi connectivity index (χ4v) is 2.68. The van der Waals surface area contributed by atoms with Gasteiger partial charge in [0.25, 0.3) is 0 Å². The van der Waals surface area contributed by atoms with E-state index >= 15 is 0 Å². The van der Waals surface area contributed by atoms with E-state index in [0.29, 0.717) is 5.56 Å². The Morgan fingerprint density at radius 1 is 1.04 bits per heavy atom. The number of carbonyl (C=O) groups is 2. The molecule has 5 heteroatoms. The SMILES string of the molecule is CC(C)(C)c1ccc([C@H](CC(=O)O)NC(=O)Cc2ccc(F)cc2)cc1. The summed E-state index contributed by atoms with van der Waals surface area (Å²) in [4.78, 5) is 23.5. The van der Waals surface area contributed by atoms with Crippen molar-refractivity contribution in [2.75, 3.05) is 0 Å². The number of benzene rings is 2. The lowest BCUT2D eigenvalue weighted by molar-refractivity contribution is -0.137. The Morgan fingerprint density at radius 2 is 1.62 bits per heavy atom. The van der Waals surface area contributed by atoms with E-state index in [4.69, 9.17) is 5.11 Å². The molecule has 2 N–H and O–H groups in total. The van der Waals surface area contributed by atoms with E-state index < -0.39 is 12.0 Å². The lowest BCUT2D eigenvalue weighted by Crippen LogP contribution is -2.31. The van der Waals surface area contributed by atoms with E-state index in [-0.39, 0.29) is 30.0 Å². The van der Waals surface area contributed by atoms with Crippen molar-refractivity contribution in [2.45, 2.75) is 45.1 Å². The number of hydrogen-bond donors (Lipinski definition) is 2. The van der Waals surface area contributed by atoms with Gasteiger partial charge in [-0.2, -0.15) is 0 Å². The molecule has 0 heterocycles. The van der Waals surface area contributed by atoms with Crippen molar-refractivity contribution < 1.29 is 19.1 Å². The van der Waals surface area contributed by atoms with Crippen LogP contribution in [0, 0.1) is 5.82 Å². The van der Waals surface area contributed by atoms with E-state index in [9.17, 15) is 14.0 Å². The van der Waals surface area contributed by atoms with Gasteiger partial charge in [0.15, 0.2) is 0 Å². The normalized spacial score (nSPS) is 12.5. The van der Waals surface area contributed by atoms with Crippen LogP contribution in [0.4, 0.5) is 4.39 Å². The summed E-state index contributed by atoms with van der Waals surface area (Å²) in [5.74, 6) is -1.66. The molecule has 0 radical (unpaired) electrons. The van der Waals surface area contributed by atoms with Crippen LogP contribution in [0.1, 0.15) is 49.9 Å². The van der Waals surface area contributed by atoms with E-state index in [1.165, 1.54) is 12.1 Å². The number of aliphatic carboxylic acids is 1. The Kier molecular flexibility index (Phi) is 6.14. The minimum absolute atomic E-state index is 0.00729. The molecule has 0 saturated carbocycles. The average molecular weight is 357 g/mol. The number of hydrogen-bond acceptors (Lipinski definition) is 2. The van der Waals surface area contributed by atoms with Crippen LogP contribution in [0.3, 0.4) is 0 Å². The summed E-state index contributed by atoms with van der Waals surface area (Å²) in [5.41, 5.74) is 2.54. The quantitative estimate of drug-likeness (QED) is 0.821. The first-order valence-electron chi connectivity index (χ1n) is 8.51. The highest BCUT2D eigenvalue weighted by molar-refractivity contribution is 5.80. The van der Waals surface area contributed by atoms with Gasteiger partial charge in [-0.15, -0.1) is 0 Å². The maximum absolute atomic E-state index is 12.9. The van der Waals surface area contributed by atoms with Gasteiger partial charge in [0.1, 0.15) is 5.82 Å². The molecule has 1 amide bonds. The average Bonchev–Trinajstić information content (AvgIpc) is 2.55. The van der Waals surface area contributed by atoms with Crippen LogP contribution in [0.25, 0.3) is 0 Å². The van der Waals surface area contributed by atoms with Crippen LogP contribution < -0.4 is 5.32 Å². The number of carboxylic acid groups (broad SMARTS) is 1. The number of nitrogens with one attached hydrogen (secondary N) is 1.